The molecule has 0 unspecified atom stereocenters. The summed E-state index contributed by atoms with van der Waals surface area (Å²) in [5.41, 5.74) is 9.53. The first-order valence-corrected chi connectivity index (χ1v) is 22.9. The van der Waals surface area contributed by atoms with Gasteiger partial charge in [-0.3, -0.25) is 34.0 Å². The van der Waals surface area contributed by atoms with Gasteiger partial charge in [-0.15, -0.1) is 0 Å². The number of aromatic nitrogens is 2. The van der Waals surface area contributed by atoms with Crippen molar-refractivity contribution in [3.05, 3.63) is 71.5 Å². The maximum absolute atomic E-state index is 14.7. The fourth-order valence-electron chi connectivity index (χ4n) is 9.76. The van der Waals surface area contributed by atoms with E-state index in [0.717, 1.165) is 39.0 Å². The molecule has 4 amide bonds. The van der Waals surface area contributed by atoms with Gasteiger partial charge in [0.15, 0.2) is 0 Å². The molecule has 0 spiro atoms. The average Bonchev–Trinajstić information content (AvgIpc) is 4.03. The van der Waals surface area contributed by atoms with Gasteiger partial charge in [-0.2, -0.15) is 0 Å². The molecule has 4 aliphatic rings. The number of nitrogens with one attached hydrogen (secondary N) is 4. The number of pyridine rings is 1. The number of likely N-dealkylation sites (tertiary alicyclic amines) is 1. The maximum Gasteiger partial charge on any atom is 0.324 e. The number of fused-ring (bicyclic) bond motifs is 6. The number of esters is 1. The Balaban J connectivity index is 1.20. The lowest BCUT2D eigenvalue weighted by Crippen LogP contribution is -2.62. The molecule has 6 bridgehead atoms. The minimum Gasteiger partial charge on any atom is -0.508 e. The number of rotatable bonds is 10. The van der Waals surface area contributed by atoms with Crippen LogP contribution in [0, 0.1) is 11.3 Å². The molecule has 65 heavy (non-hydrogen) atoms. The summed E-state index contributed by atoms with van der Waals surface area (Å²) >= 11 is 0. The van der Waals surface area contributed by atoms with Gasteiger partial charge >= 0.3 is 5.97 Å². The second-order valence-electron chi connectivity index (χ2n) is 19.1. The highest BCUT2D eigenvalue weighted by Crippen LogP contribution is 2.42. The third kappa shape index (κ3) is 9.47. The summed E-state index contributed by atoms with van der Waals surface area (Å²) in [4.78, 5) is 75.6. The van der Waals surface area contributed by atoms with Crippen LogP contribution in [0.15, 0.2) is 54.7 Å². The minimum absolute atomic E-state index is 0.00932. The van der Waals surface area contributed by atoms with E-state index >= 15 is 0 Å². The Morgan fingerprint density at radius 1 is 1.00 bits per heavy atom. The number of benzene rings is 2. The van der Waals surface area contributed by atoms with E-state index in [2.05, 4.69) is 64.9 Å². The Labute approximate surface area is 379 Å². The number of cyclic esters (lactones) is 1. The van der Waals surface area contributed by atoms with Gasteiger partial charge in [-0.25, -0.2) is 5.43 Å². The maximum atomic E-state index is 14.7. The summed E-state index contributed by atoms with van der Waals surface area (Å²) in [6.07, 6.45) is 3.32. The van der Waals surface area contributed by atoms with Gasteiger partial charge in [-0.05, 0) is 104 Å². The molecule has 2 aromatic heterocycles. The van der Waals surface area contributed by atoms with Crippen molar-refractivity contribution < 1.29 is 38.6 Å². The first-order valence-electron chi connectivity index (χ1n) is 22.9. The van der Waals surface area contributed by atoms with Crippen molar-refractivity contribution in [3.63, 3.8) is 0 Å². The van der Waals surface area contributed by atoms with Gasteiger partial charge in [0.1, 0.15) is 29.9 Å². The number of phenolic OH excluding ortho intramolecular Hbond substituents is 1. The van der Waals surface area contributed by atoms with E-state index in [9.17, 15) is 29.1 Å². The number of methoxy groups -OCH3 is 1. The van der Waals surface area contributed by atoms with Crippen molar-refractivity contribution in [1.29, 1.82) is 0 Å². The first kappa shape index (κ1) is 45.7. The van der Waals surface area contributed by atoms with E-state index in [1.807, 2.05) is 39.0 Å². The Hall–Kier alpha value is -5.84. The molecule has 16 heteroatoms. The monoisotopic (exact) mass is 890 g/mol. The fourth-order valence-corrected chi connectivity index (χ4v) is 9.76. The predicted molar refractivity (Wildman–Crippen MR) is 244 cm³/mol. The third-order valence-electron chi connectivity index (χ3n) is 13.2. The lowest BCUT2D eigenvalue weighted by Gasteiger charge is -2.36. The van der Waals surface area contributed by atoms with Crippen LogP contribution >= 0.6 is 0 Å². The molecule has 3 saturated heterocycles. The molecule has 2 aromatic carbocycles. The lowest BCUT2D eigenvalue weighted by molar-refractivity contribution is -0.155. The molecule has 16 nitrogen and oxygen atoms in total. The third-order valence-corrected chi connectivity index (χ3v) is 13.2. The van der Waals surface area contributed by atoms with E-state index in [1.165, 1.54) is 9.91 Å². The van der Waals surface area contributed by atoms with Crippen molar-refractivity contribution in [2.45, 2.75) is 117 Å². The molecule has 5 N–H and O–H groups in total. The second-order valence-corrected chi connectivity index (χ2v) is 19.1. The number of aryl methyl sites for hydroxylation is 1. The number of carbonyl (C=O) groups is 5. The fraction of sp³-hybridized carbons (Fsp3) is 0.510. The molecule has 346 valence electrons. The predicted octanol–water partition coefficient (Wildman–Crippen LogP) is 4.17. The van der Waals surface area contributed by atoms with Gasteiger partial charge in [0.25, 0.3) is 5.91 Å². The summed E-state index contributed by atoms with van der Waals surface area (Å²) in [6.45, 7) is 13.8. The molecule has 0 aliphatic carbocycles. The van der Waals surface area contributed by atoms with E-state index < -0.39 is 47.4 Å². The number of hydrogen-bond acceptors (Lipinski definition) is 11. The molecule has 6 atom stereocenters. The molecule has 8 rings (SSSR count). The Kier molecular flexibility index (Phi) is 13.1. The molecular formula is C49H62N8O8. The Morgan fingerprint density at radius 3 is 2.51 bits per heavy atom. The van der Waals surface area contributed by atoms with Crippen LogP contribution in [0.4, 0.5) is 0 Å². The summed E-state index contributed by atoms with van der Waals surface area (Å²) in [5, 5.41) is 22.5. The van der Waals surface area contributed by atoms with E-state index in [0.29, 0.717) is 49.9 Å². The summed E-state index contributed by atoms with van der Waals surface area (Å²) < 4.78 is 14.2. The van der Waals surface area contributed by atoms with Crippen molar-refractivity contribution in [3.8, 4) is 28.1 Å². The molecule has 4 aliphatic heterocycles. The Morgan fingerprint density at radius 2 is 1.78 bits per heavy atom. The van der Waals surface area contributed by atoms with Gasteiger partial charge in [0.05, 0.1) is 30.1 Å². The number of hydrazine groups is 1. The highest BCUT2D eigenvalue weighted by Gasteiger charge is 2.44. The van der Waals surface area contributed by atoms with Crippen LogP contribution < -0.4 is 21.4 Å². The number of hydrogen-bond donors (Lipinski definition) is 5. The molecular weight excluding hydrogens is 829 g/mol. The Bertz CT molecular complexity index is 2500. The van der Waals surface area contributed by atoms with Gasteiger partial charge in [0.2, 0.25) is 17.7 Å². The van der Waals surface area contributed by atoms with Crippen molar-refractivity contribution in [2.24, 2.45) is 11.3 Å². The van der Waals surface area contributed by atoms with Crippen molar-refractivity contribution in [2.75, 3.05) is 33.4 Å². The van der Waals surface area contributed by atoms with Crippen molar-refractivity contribution in [1.82, 2.24) is 40.8 Å². The standard InChI is InChI=1S/C49H62N8O8/c1-8-55-40-14-13-30-23-34(40)35(43(55)33-11-9-16-50-41(33)28(4)64-7)24-49(5,6)26-65-48(63)37-12-10-17-57(54-37)47(62)38(21-29-19-31(30)22-32(58)20-29)53-45(60)42(27(2)3)56-18-15-36(46(56)61)52-44(59)39-25-51-39/h9,11,13-14,16,19-20,22-23,27-28,36-39,42,51,54,58H,8,10,12,15,17-18,21,24-26H2,1-7H3,(H,52,59)(H,53,60)/t28-,36+,37-,38-,39+,42-/m0/s1. The van der Waals surface area contributed by atoms with Crippen LogP contribution in [-0.2, 0) is 52.8 Å². The highest BCUT2D eigenvalue weighted by molar-refractivity contribution is 5.97. The zero-order valence-corrected chi connectivity index (χ0v) is 38.4. The van der Waals surface area contributed by atoms with Crippen LogP contribution in [0.3, 0.4) is 0 Å². The summed E-state index contributed by atoms with van der Waals surface area (Å²) in [6, 6.07) is 11.5. The SMILES string of the molecule is CCn1c(-c2cccnc2[C@H](C)OC)c2c3cc(ccc31)-c1cc(O)cc(c1)C[C@H](NC(=O)[C@H](C(C)C)N1CC[C@@H](NC(=O)[C@H]3CN3)C1=O)C(=O)N1CCC[C@H](N1)C(=O)OCC(C)(C)C2. The molecule has 3 fully saturated rings. The molecule has 0 saturated carbocycles. The van der Waals surface area contributed by atoms with E-state index in [1.54, 1.807) is 25.4 Å². The number of amides is 4. The average molecular weight is 891 g/mol. The van der Waals surface area contributed by atoms with Gasteiger partial charge in [0, 0.05) is 67.8 Å². The summed E-state index contributed by atoms with van der Waals surface area (Å²) in [5.74, 6) is -2.43. The van der Waals surface area contributed by atoms with Crippen molar-refractivity contribution >= 4 is 40.5 Å². The van der Waals surface area contributed by atoms with Gasteiger partial charge < -0.3 is 40.0 Å². The highest BCUT2D eigenvalue weighted by atomic mass is 16.5. The number of aromatic hydroxyl groups is 1. The number of ether oxygens (including phenoxy) is 2. The number of phenols is 1. The van der Waals surface area contributed by atoms with Crippen LogP contribution in [0.5, 0.6) is 5.75 Å². The van der Waals surface area contributed by atoms with Crippen LogP contribution in [0.1, 0.15) is 83.7 Å². The number of nitrogens with zero attached hydrogens (tertiary/aromatic N) is 4. The van der Waals surface area contributed by atoms with Crippen LogP contribution in [0.25, 0.3) is 33.3 Å². The van der Waals surface area contributed by atoms with E-state index in [4.69, 9.17) is 14.5 Å². The van der Waals surface area contributed by atoms with Crippen LogP contribution in [-0.4, -0.2) is 118 Å². The minimum atomic E-state index is -1.16. The molecule has 0 radical (unpaired) electrons. The lowest BCUT2D eigenvalue weighted by atomic mass is 9.84. The normalized spacial score (nSPS) is 23.2. The number of carbonyl (C=O) groups excluding carboxylic acids is 5. The zero-order valence-electron chi connectivity index (χ0n) is 38.4. The topological polar surface area (TPSA) is 206 Å². The second kappa shape index (κ2) is 18.6. The smallest absolute Gasteiger partial charge is 0.324 e. The largest absolute Gasteiger partial charge is 0.508 e. The quantitative estimate of drug-likeness (QED) is 0.113. The molecule has 6 heterocycles. The van der Waals surface area contributed by atoms with Gasteiger partial charge in [-0.1, -0.05) is 39.8 Å². The zero-order chi connectivity index (χ0) is 46.3. The van der Waals surface area contributed by atoms with E-state index in [-0.39, 0.29) is 61.7 Å². The van der Waals surface area contributed by atoms with Crippen LogP contribution in [0.2, 0.25) is 0 Å². The molecule has 4 aromatic rings. The summed E-state index contributed by atoms with van der Waals surface area (Å²) in [7, 11) is 1.67. The first-order chi connectivity index (χ1) is 31.1.